The zero-order valence-electron chi connectivity index (χ0n) is 14.7. The molecule has 6 heteroatoms. The number of nitrogens with zero attached hydrogens (tertiary/aromatic N) is 2. The number of amides is 2. The third kappa shape index (κ3) is 4.41. The van der Waals surface area contributed by atoms with Crippen LogP contribution in [0.15, 0.2) is 42.6 Å². The molecular formula is C20H22ClN3O2. The summed E-state index contributed by atoms with van der Waals surface area (Å²) in [6.07, 6.45) is 3.65. The van der Waals surface area contributed by atoms with E-state index in [1.54, 1.807) is 18.2 Å². The van der Waals surface area contributed by atoms with Crippen LogP contribution in [0.3, 0.4) is 0 Å². The zero-order chi connectivity index (χ0) is 18.5. The molecule has 1 N–H and O–H groups in total. The van der Waals surface area contributed by atoms with Gasteiger partial charge < -0.3 is 10.2 Å². The molecule has 0 bridgehead atoms. The average Bonchev–Trinajstić information content (AvgIpc) is 2.66. The summed E-state index contributed by atoms with van der Waals surface area (Å²) in [7, 11) is 0. The number of piperidine rings is 1. The number of aromatic nitrogens is 1. The highest BCUT2D eigenvalue weighted by molar-refractivity contribution is 6.31. The smallest absolute Gasteiger partial charge is 0.272 e. The van der Waals surface area contributed by atoms with E-state index < -0.39 is 0 Å². The van der Waals surface area contributed by atoms with E-state index in [4.69, 9.17) is 11.6 Å². The lowest BCUT2D eigenvalue weighted by molar-refractivity contribution is 0.0677. The molecule has 2 aromatic rings. The van der Waals surface area contributed by atoms with Gasteiger partial charge in [0.2, 0.25) is 0 Å². The Morgan fingerprint density at radius 3 is 2.88 bits per heavy atom. The minimum Gasteiger partial charge on any atom is -0.348 e. The number of hydrogen-bond acceptors (Lipinski definition) is 3. The molecule has 1 atom stereocenters. The Morgan fingerprint density at radius 2 is 2.12 bits per heavy atom. The van der Waals surface area contributed by atoms with Gasteiger partial charge in [-0.1, -0.05) is 36.7 Å². The maximum Gasteiger partial charge on any atom is 0.272 e. The predicted octanol–water partition coefficient (Wildman–Crippen LogP) is 3.54. The van der Waals surface area contributed by atoms with Gasteiger partial charge in [-0.15, -0.1) is 0 Å². The Morgan fingerprint density at radius 1 is 1.31 bits per heavy atom. The molecule has 0 radical (unpaired) electrons. The molecule has 136 valence electrons. The highest BCUT2D eigenvalue weighted by Crippen LogP contribution is 2.18. The van der Waals surface area contributed by atoms with Crippen molar-refractivity contribution in [3.05, 3.63) is 64.4 Å². The van der Waals surface area contributed by atoms with Crippen molar-refractivity contribution in [3.8, 4) is 0 Å². The van der Waals surface area contributed by atoms with Crippen LogP contribution in [0.4, 0.5) is 0 Å². The monoisotopic (exact) mass is 371 g/mol. The molecule has 1 aliphatic heterocycles. The number of benzene rings is 1. The molecule has 1 aromatic heterocycles. The van der Waals surface area contributed by atoms with Crippen molar-refractivity contribution in [2.45, 2.75) is 26.3 Å². The Bertz CT molecular complexity index is 809. The van der Waals surface area contributed by atoms with Gasteiger partial charge in [-0.2, -0.15) is 0 Å². The Labute approximate surface area is 158 Å². The zero-order valence-corrected chi connectivity index (χ0v) is 15.5. The van der Waals surface area contributed by atoms with Crippen molar-refractivity contribution in [3.63, 3.8) is 0 Å². The number of rotatable bonds is 4. The summed E-state index contributed by atoms with van der Waals surface area (Å²) >= 11 is 6.11. The van der Waals surface area contributed by atoms with Gasteiger partial charge >= 0.3 is 0 Å². The first-order chi connectivity index (χ1) is 12.5. The predicted molar refractivity (Wildman–Crippen MR) is 101 cm³/mol. The van der Waals surface area contributed by atoms with Crippen molar-refractivity contribution < 1.29 is 9.59 Å². The first-order valence-electron chi connectivity index (χ1n) is 8.81. The van der Waals surface area contributed by atoms with Crippen LogP contribution < -0.4 is 5.32 Å². The summed E-state index contributed by atoms with van der Waals surface area (Å²) in [6, 6.07) is 10.5. The molecule has 0 saturated carbocycles. The number of carbonyl (C=O) groups excluding carboxylic acids is 2. The van der Waals surface area contributed by atoms with Crippen molar-refractivity contribution >= 4 is 23.4 Å². The second-order valence-electron chi connectivity index (χ2n) is 6.70. The summed E-state index contributed by atoms with van der Waals surface area (Å²) in [6.45, 7) is 3.95. The quantitative estimate of drug-likeness (QED) is 0.894. The van der Waals surface area contributed by atoms with Crippen molar-refractivity contribution in [2.75, 3.05) is 13.1 Å². The number of likely N-dealkylation sites (tertiary alicyclic amines) is 1. The van der Waals surface area contributed by atoms with E-state index in [-0.39, 0.29) is 11.8 Å². The largest absolute Gasteiger partial charge is 0.348 e. The van der Waals surface area contributed by atoms with Gasteiger partial charge in [-0.25, -0.2) is 0 Å². The van der Waals surface area contributed by atoms with Gasteiger partial charge in [0.1, 0.15) is 5.69 Å². The summed E-state index contributed by atoms with van der Waals surface area (Å²) in [4.78, 5) is 31.1. The Kier molecular flexibility index (Phi) is 5.89. The fourth-order valence-corrected chi connectivity index (χ4v) is 3.35. The van der Waals surface area contributed by atoms with Crippen LogP contribution in [0, 0.1) is 5.92 Å². The van der Waals surface area contributed by atoms with Gasteiger partial charge in [0.05, 0.1) is 0 Å². The van der Waals surface area contributed by atoms with E-state index in [1.165, 1.54) is 6.20 Å². The molecule has 2 amide bonds. The van der Waals surface area contributed by atoms with E-state index in [9.17, 15) is 9.59 Å². The summed E-state index contributed by atoms with van der Waals surface area (Å²) < 4.78 is 0. The molecule has 26 heavy (non-hydrogen) atoms. The first-order valence-corrected chi connectivity index (χ1v) is 9.19. The number of halogens is 1. The summed E-state index contributed by atoms with van der Waals surface area (Å²) in [5.74, 6) is 0.125. The van der Waals surface area contributed by atoms with Crippen LogP contribution in [0.1, 0.15) is 46.2 Å². The maximum atomic E-state index is 12.7. The first kappa shape index (κ1) is 18.4. The van der Waals surface area contributed by atoms with E-state index >= 15 is 0 Å². The molecule has 3 rings (SSSR count). The molecule has 1 fully saturated rings. The van der Waals surface area contributed by atoms with Crippen LogP contribution in [0.25, 0.3) is 0 Å². The molecule has 1 unspecified atom stereocenters. The van der Waals surface area contributed by atoms with Crippen LogP contribution in [0.5, 0.6) is 0 Å². The lowest BCUT2D eigenvalue weighted by Gasteiger charge is -2.30. The topological polar surface area (TPSA) is 62.3 Å². The molecule has 5 nitrogen and oxygen atoms in total. The van der Waals surface area contributed by atoms with E-state index in [0.717, 1.165) is 31.5 Å². The van der Waals surface area contributed by atoms with Crippen molar-refractivity contribution in [1.29, 1.82) is 0 Å². The number of hydrogen-bond donors (Lipinski definition) is 1. The molecule has 0 aliphatic carbocycles. The third-order valence-electron chi connectivity index (χ3n) is 4.58. The van der Waals surface area contributed by atoms with Gasteiger partial charge in [0.15, 0.2) is 0 Å². The van der Waals surface area contributed by atoms with E-state index in [2.05, 4.69) is 17.2 Å². The minimum absolute atomic E-state index is 0.114. The van der Waals surface area contributed by atoms with Crippen molar-refractivity contribution in [1.82, 2.24) is 15.2 Å². The van der Waals surface area contributed by atoms with Crippen LogP contribution >= 0.6 is 11.6 Å². The molecule has 1 saturated heterocycles. The SMILES string of the molecule is CC1CCCN(C(=O)c2cc(C(=O)NCc3ccccc3Cl)ccn2)C1. The van der Waals surface area contributed by atoms with E-state index in [1.807, 2.05) is 23.1 Å². The fourth-order valence-electron chi connectivity index (χ4n) is 3.14. The average molecular weight is 372 g/mol. The highest BCUT2D eigenvalue weighted by atomic mass is 35.5. The van der Waals surface area contributed by atoms with Gasteiger partial charge in [0.25, 0.3) is 11.8 Å². The lowest BCUT2D eigenvalue weighted by Crippen LogP contribution is -2.39. The highest BCUT2D eigenvalue weighted by Gasteiger charge is 2.23. The van der Waals surface area contributed by atoms with E-state index in [0.29, 0.717) is 28.7 Å². The molecule has 1 aromatic carbocycles. The molecule has 0 spiro atoms. The molecule has 2 heterocycles. The van der Waals surface area contributed by atoms with Gasteiger partial charge in [0, 0.05) is 36.4 Å². The Hall–Kier alpha value is -2.40. The van der Waals surface area contributed by atoms with Crippen LogP contribution in [0.2, 0.25) is 5.02 Å². The molecule has 1 aliphatic rings. The lowest BCUT2D eigenvalue weighted by atomic mass is 10.00. The Balaban J connectivity index is 1.67. The number of nitrogens with one attached hydrogen (secondary N) is 1. The molecular weight excluding hydrogens is 350 g/mol. The van der Waals surface area contributed by atoms with Crippen molar-refractivity contribution in [2.24, 2.45) is 5.92 Å². The van der Waals surface area contributed by atoms with Crippen LogP contribution in [-0.2, 0) is 6.54 Å². The summed E-state index contributed by atoms with van der Waals surface area (Å²) in [5.41, 5.74) is 1.57. The second kappa shape index (κ2) is 8.32. The fraction of sp³-hybridized carbons (Fsp3) is 0.350. The summed E-state index contributed by atoms with van der Waals surface area (Å²) in [5, 5.41) is 3.44. The second-order valence-corrected chi connectivity index (χ2v) is 7.11. The standard InChI is InChI=1S/C20H22ClN3O2/c1-14-5-4-10-24(13-14)20(26)18-11-15(8-9-22-18)19(25)23-12-16-6-2-3-7-17(16)21/h2-3,6-9,11,14H,4-5,10,12-13H2,1H3,(H,23,25). The van der Waals surface area contributed by atoms with Crippen LogP contribution in [-0.4, -0.2) is 34.8 Å². The normalized spacial score (nSPS) is 17.0. The van der Waals surface area contributed by atoms with Gasteiger partial charge in [-0.3, -0.25) is 14.6 Å². The minimum atomic E-state index is -0.256. The maximum absolute atomic E-state index is 12.7. The van der Waals surface area contributed by atoms with Gasteiger partial charge in [-0.05, 0) is 42.5 Å². The number of pyridine rings is 1. The third-order valence-corrected chi connectivity index (χ3v) is 4.95. The number of carbonyl (C=O) groups is 2.